The van der Waals surface area contributed by atoms with Crippen LogP contribution in [0.1, 0.15) is 106 Å². The molecular formula is C47H51SiZr-. The summed E-state index contributed by atoms with van der Waals surface area (Å²) in [6.45, 7) is 20.6. The van der Waals surface area contributed by atoms with Crippen LogP contribution < -0.4 is 0 Å². The summed E-state index contributed by atoms with van der Waals surface area (Å²) >= 11 is 0. The van der Waals surface area contributed by atoms with E-state index in [9.17, 15) is 0 Å². The summed E-state index contributed by atoms with van der Waals surface area (Å²) in [5, 5.41) is 0. The van der Waals surface area contributed by atoms with E-state index < -0.39 is 0 Å². The van der Waals surface area contributed by atoms with Crippen LogP contribution in [-0.4, -0.2) is 9.52 Å². The molecule has 2 aliphatic rings. The van der Waals surface area contributed by atoms with Gasteiger partial charge in [-0.3, -0.25) is 0 Å². The van der Waals surface area contributed by atoms with Crippen LogP contribution in [0.15, 0.2) is 103 Å². The van der Waals surface area contributed by atoms with Crippen molar-refractivity contribution in [1.29, 1.82) is 0 Å². The minimum Gasteiger partial charge on any atom is -0.175 e. The molecule has 0 amide bonds. The Hall–Kier alpha value is -3.06. The molecule has 0 spiro atoms. The van der Waals surface area contributed by atoms with Crippen molar-refractivity contribution in [3.63, 3.8) is 0 Å². The number of fused-ring (bicyclic) bond motifs is 4. The second-order valence-electron chi connectivity index (χ2n) is 15.7. The quantitative estimate of drug-likeness (QED) is 0.122. The topological polar surface area (TPSA) is 0 Å². The number of benzene rings is 5. The fourth-order valence-corrected chi connectivity index (χ4v) is 7.39. The van der Waals surface area contributed by atoms with Crippen LogP contribution in [0, 0.1) is 6.07 Å². The Bertz CT molecular complexity index is 1950. The van der Waals surface area contributed by atoms with E-state index in [0.29, 0.717) is 0 Å². The average Bonchev–Trinajstić information content (AvgIpc) is 3.62. The summed E-state index contributed by atoms with van der Waals surface area (Å²) < 4.78 is 0. The SMILES string of the molecule is CCCC1=Cc2c(-c3ccc(-c4ccccc4)cc3)cccc2C1c1[c-]c(C(C)(C)C)cc2c1Cc1ccc(C(C)(C)C)cc1-2.C[Si]C.[Zr]. The van der Waals surface area contributed by atoms with Crippen molar-refractivity contribution in [1.82, 2.24) is 0 Å². The molecule has 2 aliphatic carbocycles. The maximum Gasteiger partial charge on any atom is 0.0307 e. The van der Waals surface area contributed by atoms with Gasteiger partial charge < -0.3 is 0 Å². The summed E-state index contributed by atoms with van der Waals surface area (Å²) in [6, 6.07) is 40.5. The van der Waals surface area contributed by atoms with Gasteiger partial charge in [-0.05, 0) is 73.7 Å². The smallest absolute Gasteiger partial charge is 0.0307 e. The first-order valence-corrected chi connectivity index (χ1v) is 19.8. The van der Waals surface area contributed by atoms with Crippen molar-refractivity contribution in [2.75, 3.05) is 0 Å². The molecule has 2 radical (unpaired) electrons. The van der Waals surface area contributed by atoms with E-state index in [1.54, 1.807) is 0 Å². The van der Waals surface area contributed by atoms with Crippen molar-refractivity contribution in [3.8, 4) is 33.4 Å². The van der Waals surface area contributed by atoms with Crippen molar-refractivity contribution in [2.45, 2.75) is 97.6 Å². The van der Waals surface area contributed by atoms with Gasteiger partial charge in [-0.25, -0.2) is 0 Å². The molecular weight excluding hydrogens is 684 g/mol. The van der Waals surface area contributed by atoms with Crippen LogP contribution in [0.4, 0.5) is 0 Å². The van der Waals surface area contributed by atoms with Gasteiger partial charge in [-0.2, -0.15) is 17.7 Å². The van der Waals surface area contributed by atoms with Crippen molar-refractivity contribution in [2.24, 2.45) is 0 Å². The molecule has 0 nitrogen and oxygen atoms in total. The van der Waals surface area contributed by atoms with E-state index >= 15 is 0 Å². The molecule has 248 valence electrons. The van der Waals surface area contributed by atoms with Crippen molar-refractivity contribution < 1.29 is 26.2 Å². The van der Waals surface area contributed by atoms with Gasteiger partial charge >= 0.3 is 0 Å². The predicted octanol–water partition coefficient (Wildman–Crippen LogP) is 13.1. The van der Waals surface area contributed by atoms with Gasteiger partial charge in [-0.15, -0.1) is 16.7 Å². The number of hydrogen-bond acceptors (Lipinski definition) is 0. The summed E-state index contributed by atoms with van der Waals surface area (Å²) in [6.07, 6.45) is 5.73. The second-order valence-corrected chi connectivity index (χ2v) is 16.7. The summed E-state index contributed by atoms with van der Waals surface area (Å²) in [5.41, 5.74) is 19.4. The van der Waals surface area contributed by atoms with E-state index in [0.717, 1.165) is 28.8 Å². The molecule has 2 heteroatoms. The molecule has 0 bridgehead atoms. The Labute approximate surface area is 318 Å². The summed E-state index contributed by atoms with van der Waals surface area (Å²) in [7, 11) is 1.08. The number of allylic oxidation sites excluding steroid dienone is 1. The molecule has 0 aliphatic heterocycles. The molecule has 5 aromatic rings. The van der Waals surface area contributed by atoms with E-state index in [2.05, 4.69) is 171 Å². The van der Waals surface area contributed by atoms with E-state index in [1.807, 2.05) is 0 Å². The van der Waals surface area contributed by atoms with Gasteiger partial charge in [0.05, 0.1) is 0 Å². The zero-order valence-corrected chi connectivity index (χ0v) is 34.5. The maximum absolute atomic E-state index is 4.08. The van der Waals surface area contributed by atoms with Crippen molar-refractivity contribution in [3.05, 3.63) is 148 Å². The van der Waals surface area contributed by atoms with Gasteiger partial charge in [-0.1, -0.05) is 171 Å². The Morgan fingerprint density at radius 2 is 1.35 bits per heavy atom. The third-order valence-electron chi connectivity index (χ3n) is 9.93. The monoisotopic (exact) mass is 733 g/mol. The minimum atomic E-state index is 0. The zero-order chi connectivity index (χ0) is 34.2. The molecule has 7 rings (SSSR count). The molecule has 1 unspecified atom stereocenters. The van der Waals surface area contributed by atoms with Crippen LogP contribution in [0.2, 0.25) is 13.1 Å². The molecule has 0 saturated heterocycles. The fourth-order valence-electron chi connectivity index (χ4n) is 7.39. The first-order valence-electron chi connectivity index (χ1n) is 17.8. The Morgan fingerprint density at radius 1 is 0.694 bits per heavy atom. The van der Waals surface area contributed by atoms with Gasteiger partial charge in [0.2, 0.25) is 0 Å². The summed E-state index contributed by atoms with van der Waals surface area (Å²) in [4.78, 5) is 0. The van der Waals surface area contributed by atoms with Gasteiger partial charge in [0, 0.05) is 41.6 Å². The van der Waals surface area contributed by atoms with Crippen LogP contribution in [0.25, 0.3) is 39.5 Å². The molecule has 0 heterocycles. The number of rotatable bonds is 5. The molecule has 0 N–H and O–H groups in total. The fraction of sp³-hybridized carbons (Fsp3) is 0.319. The second kappa shape index (κ2) is 15.0. The Morgan fingerprint density at radius 3 is 1.98 bits per heavy atom. The molecule has 49 heavy (non-hydrogen) atoms. The van der Waals surface area contributed by atoms with Crippen LogP contribution in [0.5, 0.6) is 0 Å². The zero-order valence-electron chi connectivity index (χ0n) is 31.0. The summed E-state index contributed by atoms with van der Waals surface area (Å²) in [5.74, 6) is 0.232. The first kappa shape index (κ1) is 37.2. The van der Waals surface area contributed by atoms with Gasteiger partial charge in [0.15, 0.2) is 0 Å². The Balaban J connectivity index is 0.00000113. The third-order valence-corrected chi connectivity index (χ3v) is 9.93. The van der Waals surface area contributed by atoms with Crippen LogP contribution in [-0.2, 0) is 43.5 Å². The largest absolute Gasteiger partial charge is 0.175 e. The number of hydrogen-bond donors (Lipinski definition) is 0. The van der Waals surface area contributed by atoms with Gasteiger partial charge in [0.1, 0.15) is 0 Å². The Kier molecular flexibility index (Phi) is 11.4. The minimum absolute atomic E-state index is 0. The molecule has 0 saturated carbocycles. The van der Waals surface area contributed by atoms with Crippen LogP contribution >= 0.6 is 0 Å². The normalized spacial score (nSPS) is 14.6. The predicted molar refractivity (Wildman–Crippen MR) is 210 cm³/mol. The maximum atomic E-state index is 4.08. The molecule has 5 aromatic carbocycles. The molecule has 0 aromatic heterocycles. The standard InChI is InChI=1S/C45H45.C2H6Si.Zr/c1-8-13-33-25-39-36(31-20-18-30(19-21-31)29-14-10-9-11-15-29)16-12-17-37(39)43(33)42-28-35(45(5,6)7)27-41-38-26-34(44(2,3)4)23-22-32(38)24-40(41)42;1-3-2;/h9-12,14-23,25-27,43H,8,13,24H2,1-7H3;1-2H3;/q-1;;. The third kappa shape index (κ3) is 7.52. The van der Waals surface area contributed by atoms with Gasteiger partial charge in [0.25, 0.3) is 0 Å². The molecule has 0 fully saturated rings. The van der Waals surface area contributed by atoms with E-state index in [1.165, 1.54) is 77.9 Å². The van der Waals surface area contributed by atoms with E-state index in [-0.39, 0.29) is 43.0 Å². The van der Waals surface area contributed by atoms with Crippen LogP contribution in [0.3, 0.4) is 0 Å². The van der Waals surface area contributed by atoms with Crippen molar-refractivity contribution >= 4 is 15.6 Å². The molecule has 1 atom stereocenters. The average molecular weight is 735 g/mol. The van der Waals surface area contributed by atoms with E-state index in [4.69, 9.17) is 0 Å². The first-order chi connectivity index (χ1) is 22.9.